The highest BCUT2D eigenvalue weighted by molar-refractivity contribution is 6.35. The van der Waals surface area contributed by atoms with Gasteiger partial charge in [-0.1, -0.05) is 32.4 Å². The van der Waals surface area contributed by atoms with Gasteiger partial charge in [-0.15, -0.1) is 0 Å². The van der Waals surface area contributed by atoms with E-state index in [2.05, 4.69) is 56.2 Å². The standard InChI is InChI=1S/C31H35ClN6O3.C13H15N3O/c1-31(2,3)17-38-16-24-20(13-25(32)27-23(24)15-34-36-27)11-21(30(38)41)14-26(39)37-9-6-18(7-10-37)22-12-19-5-4-8-33-28(19)35-29(22)40;17-13-11(9-3-6-14-7-4-9)8-10-2-1-5-15-12(10)16-13/h4-5,8,12-13,15,18,21H,6-7,9-11,14,16-17H2,1-3H3,(H,34,36)(H,33,35,40);1-2,5,8-9,14H,3-4,6-7H2,(H,15,16,17)/t21-;/m0./s1. The first-order valence-corrected chi connectivity index (χ1v) is 20.7. The Balaban J connectivity index is 0.000000229. The van der Waals surface area contributed by atoms with Gasteiger partial charge >= 0.3 is 0 Å². The van der Waals surface area contributed by atoms with Crippen LogP contribution >= 0.6 is 11.6 Å². The molecule has 3 aliphatic rings. The summed E-state index contributed by atoms with van der Waals surface area (Å²) in [6.45, 7) is 10.5. The van der Waals surface area contributed by atoms with Gasteiger partial charge in [-0.05, 0) is 116 Å². The maximum Gasteiger partial charge on any atom is 0.253 e. The third-order valence-electron chi connectivity index (χ3n) is 11.8. The smallest absolute Gasteiger partial charge is 0.253 e. The molecule has 0 radical (unpaired) electrons. The Labute approximate surface area is 341 Å². The van der Waals surface area contributed by atoms with Gasteiger partial charge in [0.2, 0.25) is 11.8 Å². The number of piperidine rings is 2. The van der Waals surface area contributed by atoms with Crippen LogP contribution in [0.5, 0.6) is 0 Å². The predicted molar refractivity (Wildman–Crippen MR) is 226 cm³/mol. The summed E-state index contributed by atoms with van der Waals surface area (Å²) in [6.07, 6.45) is 9.21. The molecule has 0 saturated carbocycles. The van der Waals surface area contributed by atoms with Crippen molar-refractivity contribution in [3.8, 4) is 0 Å². The van der Waals surface area contributed by atoms with Crippen molar-refractivity contribution in [1.29, 1.82) is 0 Å². The molecule has 2 fully saturated rings. The maximum atomic E-state index is 13.9. The van der Waals surface area contributed by atoms with E-state index in [-0.39, 0.29) is 40.7 Å². The lowest BCUT2D eigenvalue weighted by Gasteiger charge is -2.34. The Morgan fingerprint density at radius 1 is 0.862 bits per heavy atom. The van der Waals surface area contributed by atoms with E-state index in [4.69, 9.17) is 11.6 Å². The molecule has 0 unspecified atom stereocenters. The molecular formula is C44H50ClN9O4. The number of hydrogen-bond donors (Lipinski definition) is 4. The number of nitrogens with zero attached hydrogens (tertiary/aromatic N) is 5. The Morgan fingerprint density at radius 3 is 2.07 bits per heavy atom. The molecule has 1 aromatic carbocycles. The number of halogens is 1. The molecule has 6 aromatic rings. The number of rotatable bonds is 5. The first kappa shape index (κ1) is 39.4. The fraction of sp³-hybridized carbons (Fsp3) is 0.432. The van der Waals surface area contributed by atoms with E-state index in [1.807, 2.05) is 52.3 Å². The van der Waals surface area contributed by atoms with Crippen LogP contribution in [-0.2, 0) is 22.6 Å². The molecule has 5 aromatic heterocycles. The van der Waals surface area contributed by atoms with Crippen LogP contribution in [0.15, 0.2) is 70.6 Å². The lowest BCUT2D eigenvalue weighted by atomic mass is 9.88. The van der Waals surface area contributed by atoms with Crippen molar-refractivity contribution < 1.29 is 9.59 Å². The third-order valence-corrected chi connectivity index (χ3v) is 12.1. The van der Waals surface area contributed by atoms with Gasteiger partial charge in [0.05, 0.1) is 22.7 Å². The fourth-order valence-corrected chi connectivity index (χ4v) is 9.19. The summed E-state index contributed by atoms with van der Waals surface area (Å²) < 4.78 is 0. The van der Waals surface area contributed by atoms with Crippen LogP contribution in [0.25, 0.3) is 33.0 Å². The predicted octanol–water partition coefficient (Wildman–Crippen LogP) is 6.19. The van der Waals surface area contributed by atoms with E-state index in [0.29, 0.717) is 67.7 Å². The third kappa shape index (κ3) is 8.42. The molecule has 4 N–H and O–H groups in total. The number of likely N-dealkylation sites (tertiary alicyclic amines) is 1. The Bertz CT molecular complexity index is 2600. The number of benzene rings is 1. The molecule has 0 spiro atoms. The number of aromatic nitrogens is 6. The minimum Gasteiger partial charge on any atom is -0.343 e. The zero-order valence-corrected chi connectivity index (χ0v) is 34.0. The van der Waals surface area contributed by atoms with Crippen molar-refractivity contribution in [2.24, 2.45) is 11.3 Å². The summed E-state index contributed by atoms with van der Waals surface area (Å²) in [4.78, 5) is 70.2. The second-order valence-corrected chi connectivity index (χ2v) is 17.6. The van der Waals surface area contributed by atoms with Crippen molar-refractivity contribution in [3.63, 3.8) is 0 Å². The Kier molecular flexibility index (Phi) is 11.2. The summed E-state index contributed by atoms with van der Waals surface area (Å²) in [5, 5.41) is 13.9. The van der Waals surface area contributed by atoms with E-state index >= 15 is 0 Å². The highest BCUT2D eigenvalue weighted by Crippen LogP contribution is 2.36. The molecular weight excluding hydrogens is 754 g/mol. The molecule has 9 rings (SSSR count). The number of fused-ring (bicyclic) bond motifs is 5. The first-order chi connectivity index (χ1) is 27.9. The molecule has 0 aliphatic carbocycles. The summed E-state index contributed by atoms with van der Waals surface area (Å²) in [5.74, 6) is -0.0400. The molecule has 13 nitrogen and oxygen atoms in total. The van der Waals surface area contributed by atoms with Crippen molar-refractivity contribution >= 4 is 56.4 Å². The van der Waals surface area contributed by atoms with Crippen LogP contribution in [0.4, 0.5) is 0 Å². The second-order valence-electron chi connectivity index (χ2n) is 17.2. The molecule has 2 amide bonds. The molecule has 0 bridgehead atoms. The van der Waals surface area contributed by atoms with Crippen LogP contribution in [0.3, 0.4) is 0 Å². The monoisotopic (exact) mass is 803 g/mol. The molecule has 1 atom stereocenters. The van der Waals surface area contributed by atoms with E-state index in [9.17, 15) is 19.2 Å². The second kappa shape index (κ2) is 16.5. The molecule has 3 aliphatic heterocycles. The van der Waals surface area contributed by atoms with E-state index in [1.165, 1.54) is 0 Å². The van der Waals surface area contributed by atoms with Crippen molar-refractivity contribution in [1.82, 2.24) is 45.2 Å². The number of aromatic amines is 3. The average molecular weight is 804 g/mol. The van der Waals surface area contributed by atoms with Crippen LogP contribution < -0.4 is 16.4 Å². The number of amides is 2. The molecule has 2 saturated heterocycles. The molecule has 58 heavy (non-hydrogen) atoms. The summed E-state index contributed by atoms with van der Waals surface area (Å²) >= 11 is 6.58. The lowest BCUT2D eigenvalue weighted by molar-refractivity contribution is -0.142. The highest BCUT2D eigenvalue weighted by Gasteiger charge is 2.36. The largest absolute Gasteiger partial charge is 0.343 e. The van der Waals surface area contributed by atoms with E-state index < -0.39 is 5.92 Å². The van der Waals surface area contributed by atoms with Gasteiger partial charge in [0.25, 0.3) is 11.1 Å². The summed E-state index contributed by atoms with van der Waals surface area (Å²) in [5.41, 5.74) is 5.52. The summed E-state index contributed by atoms with van der Waals surface area (Å²) in [7, 11) is 0. The number of H-pyrrole nitrogens is 3. The van der Waals surface area contributed by atoms with Gasteiger partial charge < -0.3 is 25.1 Å². The Hall–Kier alpha value is -5.40. The minimum absolute atomic E-state index is 0.00318. The quantitative estimate of drug-likeness (QED) is 0.160. The SMILES string of the molecule is CC(C)(C)CN1Cc2c(cc(Cl)c3[nH]ncc23)C[C@@H](CC(=O)N2CCC(c3cc4cccnc4[nH]c3=O)CC2)C1=O.O=c1[nH]c2ncccc2cc1C1CCNCC1. The average Bonchev–Trinajstić information content (AvgIpc) is 3.68. The van der Waals surface area contributed by atoms with Crippen LogP contribution in [0.1, 0.15) is 87.0 Å². The maximum absolute atomic E-state index is 13.9. The van der Waals surface area contributed by atoms with Crippen molar-refractivity contribution in [2.45, 2.75) is 77.7 Å². The summed E-state index contributed by atoms with van der Waals surface area (Å²) in [6, 6.07) is 13.5. The Morgan fingerprint density at radius 2 is 1.47 bits per heavy atom. The molecule has 8 heterocycles. The number of hydrogen-bond acceptors (Lipinski definition) is 8. The number of carbonyl (C=O) groups is 2. The number of pyridine rings is 4. The zero-order chi connectivity index (χ0) is 40.6. The van der Waals surface area contributed by atoms with Gasteiger partial charge in [-0.25, -0.2) is 9.97 Å². The number of carbonyl (C=O) groups excluding carboxylic acids is 2. The van der Waals surface area contributed by atoms with Gasteiger partial charge in [0.1, 0.15) is 11.3 Å². The van der Waals surface area contributed by atoms with Gasteiger partial charge in [0.15, 0.2) is 0 Å². The number of nitrogens with one attached hydrogen (secondary N) is 4. The zero-order valence-electron chi connectivity index (χ0n) is 33.2. The lowest BCUT2D eigenvalue weighted by Crippen LogP contribution is -2.43. The minimum atomic E-state index is -0.472. The van der Waals surface area contributed by atoms with E-state index in [0.717, 1.165) is 69.9 Å². The normalized spacial score (nSPS) is 18.3. The molecule has 302 valence electrons. The topological polar surface area (TPSA) is 173 Å². The van der Waals surface area contributed by atoms with Gasteiger partial charge in [-0.2, -0.15) is 5.10 Å². The van der Waals surface area contributed by atoms with Crippen LogP contribution in [0.2, 0.25) is 5.02 Å². The van der Waals surface area contributed by atoms with Crippen LogP contribution in [0, 0.1) is 11.3 Å². The highest BCUT2D eigenvalue weighted by atomic mass is 35.5. The first-order valence-electron chi connectivity index (χ1n) is 20.3. The molecule has 14 heteroatoms. The van der Waals surface area contributed by atoms with Crippen molar-refractivity contribution in [3.05, 3.63) is 109 Å². The van der Waals surface area contributed by atoms with E-state index in [1.54, 1.807) is 18.6 Å². The van der Waals surface area contributed by atoms with Gasteiger partial charge in [0, 0.05) is 72.3 Å². The van der Waals surface area contributed by atoms with Gasteiger partial charge in [-0.3, -0.25) is 24.3 Å². The fourth-order valence-electron chi connectivity index (χ4n) is 8.92. The van der Waals surface area contributed by atoms with Crippen molar-refractivity contribution in [2.75, 3.05) is 32.7 Å². The van der Waals surface area contributed by atoms with Crippen LogP contribution in [-0.4, -0.2) is 84.5 Å².